The van der Waals surface area contributed by atoms with Crippen molar-refractivity contribution in [2.45, 2.75) is 85.5 Å². The summed E-state index contributed by atoms with van der Waals surface area (Å²) in [4.78, 5) is 0. The minimum Gasteiger partial charge on any atom is -0.394 e. The van der Waals surface area contributed by atoms with Crippen LogP contribution in [0.2, 0.25) is 0 Å². The fourth-order valence-corrected chi connectivity index (χ4v) is 4.19. The van der Waals surface area contributed by atoms with E-state index >= 15 is 0 Å². The summed E-state index contributed by atoms with van der Waals surface area (Å²) in [5, 5.41) is 61.1. The highest BCUT2D eigenvalue weighted by atomic mass is 16.7. The number of hydrogen-bond donors (Lipinski definition) is 10. The second-order valence-corrected chi connectivity index (χ2v) is 8.40. The van der Waals surface area contributed by atoms with E-state index in [1.807, 2.05) is 0 Å². The van der Waals surface area contributed by atoms with Crippen molar-refractivity contribution in [2.75, 3.05) is 19.8 Å². The first kappa shape index (κ1) is 25.1. The Hall–Kier alpha value is -0.560. The molecule has 2 saturated heterocycles. The van der Waals surface area contributed by atoms with Crippen molar-refractivity contribution in [3.8, 4) is 0 Å². The van der Waals surface area contributed by atoms with Crippen LogP contribution in [0.4, 0.5) is 0 Å². The smallest absolute Gasteiger partial charge is 0.219 e. The molecule has 3 rings (SSSR count). The Bertz CT molecular complexity index is 605. The molecule has 0 amide bonds. The van der Waals surface area contributed by atoms with Gasteiger partial charge in [0.2, 0.25) is 5.79 Å². The molecule has 0 aromatic rings. The summed E-state index contributed by atoms with van der Waals surface area (Å²) in [6.07, 6.45) is -11.4. The van der Waals surface area contributed by atoms with Crippen LogP contribution in [-0.4, -0.2) is 129 Å². The van der Waals surface area contributed by atoms with Crippen molar-refractivity contribution in [3.63, 3.8) is 0 Å². The quantitative estimate of drug-likeness (QED) is 0.167. The molecular weight excluding hydrogens is 420 g/mol. The van der Waals surface area contributed by atoms with Gasteiger partial charge in [-0.3, -0.25) is 0 Å². The third kappa shape index (κ3) is 4.73. The summed E-state index contributed by atoms with van der Waals surface area (Å²) in [6.45, 7) is -1.18. The highest BCUT2D eigenvalue weighted by molar-refractivity contribution is 5.02. The van der Waals surface area contributed by atoms with E-state index in [9.17, 15) is 30.6 Å². The molecule has 1 saturated carbocycles. The molecule has 0 bridgehead atoms. The van der Waals surface area contributed by atoms with Crippen molar-refractivity contribution >= 4 is 0 Å². The van der Waals surface area contributed by atoms with Crippen LogP contribution in [0.15, 0.2) is 0 Å². The van der Waals surface area contributed by atoms with Crippen LogP contribution in [-0.2, 0) is 18.9 Å². The van der Waals surface area contributed by atoms with Crippen molar-refractivity contribution in [2.24, 2.45) is 22.9 Å². The molecule has 0 radical (unpaired) electrons. The van der Waals surface area contributed by atoms with E-state index in [4.69, 9.17) is 41.9 Å². The summed E-state index contributed by atoms with van der Waals surface area (Å²) >= 11 is 0. The van der Waals surface area contributed by atoms with Gasteiger partial charge in [0, 0.05) is 18.6 Å². The monoisotopic (exact) mass is 454 g/mol. The van der Waals surface area contributed by atoms with E-state index < -0.39 is 92.2 Å². The predicted octanol–water partition coefficient (Wildman–Crippen LogP) is -6.65. The van der Waals surface area contributed by atoms with Gasteiger partial charge in [-0.1, -0.05) is 0 Å². The second kappa shape index (κ2) is 9.74. The number of ether oxygens (including phenoxy) is 4. The Morgan fingerprint density at radius 3 is 2.19 bits per heavy atom. The van der Waals surface area contributed by atoms with E-state index in [-0.39, 0.29) is 13.0 Å². The molecule has 0 spiro atoms. The van der Waals surface area contributed by atoms with Crippen LogP contribution >= 0.6 is 0 Å². The van der Waals surface area contributed by atoms with E-state index in [0.29, 0.717) is 0 Å². The SMILES string of the molecule is NCC1O[C@H](O[C@@H]2C(N)C[C@@H](N)C(O)C2O[C@]2(O)CO[C@H](CO)[C@@H]2O)C(N)C(O)[C@@H]1O. The standard InChI is InChI=1S/C17H34N4O10/c18-2-7-11(24)12(25)9(21)16(29-7)30-13-6(20)1-5(19)10(23)14(13)31-17(27)4-28-8(3-22)15(17)26/h5-16,22-27H,1-4,18-21H2/t5-,6?,7?,8-,9?,10?,11-,12?,13-,14?,15+,16-,17-/m1/s1. The summed E-state index contributed by atoms with van der Waals surface area (Å²) in [5.74, 6) is -2.28. The van der Waals surface area contributed by atoms with E-state index in [2.05, 4.69) is 0 Å². The molecule has 0 aromatic heterocycles. The van der Waals surface area contributed by atoms with Crippen molar-refractivity contribution in [3.05, 3.63) is 0 Å². The first-order valence-corrected chi connectivity index (χ1v) is 10.2. The summed E-state index contributed by atoms with van der Waals surface area (Å²) in [6, 6.07) is -2.82. The molecule has 14 heteroatoms. The van der Waals surface area contributed by atoms with Crippen LogP contribution in [0.3, 0.4) is 0 Å². The molecular formula is C17H34N4O10. The molecule has 2 heterocycles. The first-order valence-electron chi connectivity index (χ1n) is 10.2. The van der Waals surface area contributed by atoms with E-state index in [1.165, 1.54) is 0 Å². The zero-order chi connectivity index (χ0) is 23.1. The average molecular weight is 454 g/mol. The van der Waals surface area contributed by atoms with Gasteiger partial charge in [-0.15, -0.1) is 0 Å². The molecule has 3 fully saturated rings. The minimum absolute atomic E-state index is 0.121. The number of aliphatic hydroxyl groups is 6. The fraction of sp³-hybridized carbons (Fsp3) is 1.00. The van der Waals surface area contributed by atoms with Gasteiger partial charge in [0.05, 0.1) is 18.8 Å². The lowest BCUT2D eigenvalue weighted by atomic mass is 9.84. The fourth-order valence-electron chi connectivity index (χ4n) is 4.19. The van der Waals surface area contributed by atoms with Crippen molar-refractivity contribution < 1.29 is 49.6 Å². The van der Waals surface area contributed by atoms with Crippen LogP contribution < -0.4 is 22.9 Å². The zero-order valence-corrected chi connectivity index (χ0v) is 16.9. The molecule has 14 N–H and O–H groups in total. The van der Waals surface area contributed by atoms with Crippen LogP contribution in [0.1, 0.15) is 6.42 Å². The Morgan fingerprint density at radius 2 is 1.61 bits per heavy atom. The van der Waals surface area contributed by atoms with Crippen LogP contribution in [0, 0.1) is 0 Å². The number of hydrogen-bond acceptors (Lipinski definition) is 14. The molecule has 2 aliphatic heterocycles. The first-order chi connectivity index (χ1) is 14.5. The largest absolute Gasteiger partial charge is 0.394 e. The third-order valence-corrected chi connectivity index (χ3v) is 6.18. The van der Waals surface area contributed by atoms with Gasteiger partial charge in [-0.2, -0.15) is 0 Å². The summed E-state index contributed by atoms with van der Waals surface area (Å²) < 4.78 is 22.2. The lowest BCUT2D eigenvalue weighted by Gasteiger charge is -2.48. The molecule has 31 heavy (non-hydrogen) atoms. The third-order valence-electron chi connectivity index (χ3n) is 6.18. The second-order valence-electron chi connectivity index (χ2n) is 8.40. The van der Waals surface area contributed by atoms with E-state index in [0.717, 1.165) is 0 Å². The Kier molecular flexibility index (Phi) is 7.88. The average Bonchev–Trinajstić information content (AvgIpc) is 3.02. The van der Waals surface area contributed by atoms with Crippen molar-refractivity contribution in [1.29, 1.82) is 0 Å². The molecule has 13 atom stereocenters. The van der Waals surface area contributed by atoms with Gasteiger partial charge in [0.15, 0.2) is 6.29 Å². The summed E-state index contributed by atoms with van der Waals surface area (Å²) in [5.41, 5.74) is 23.6. The Balaban J connectivity index is 1.81. The highest BCUT2D eigenvalue weighted by Crippen LogP contribution is 2.34. The van der Waals surface area contributed by atoms with E-state index in [1.54, 1.807) is 0 Å². The molecule has 0 aromatic carbocycles. The molecule has 3 aliphatic rings. The highest BCUT2D eigenvalue weighted by Gasteiger charge is 2.55. The lowest BCUT2D eigenvalue weighted by molar-refractivity contribution is -0.328. The zero-order valence-electron chi connectivity index (χ0n) is 16.9. The topological polar surface area (TPSA) is 262 Å². The number of aliphatic hydroxyl groups excluding tert-OH is 5. The Labute approximate surface area is 178 Å². The van der Waals surface area contributed by atoms with Crippen LogP contribution in [0.5, 0.6) is 0 Å². The van der Waals surface area contributed by atoms with Gasteiger partial charge in [-0.25, -0.2) is 0 Å². The minimum atomic E-state index is -2.28. The summed E-state index contributed by atoms with van der Waals surface area (Å²) in [7, 11) is 0. The predicted molar refractivity (Wildman–Crippen MR) is 102 cm³/mol. The van der Waals surface area contributed by atoms with Gasteiger partial charge in [0.1, 0.15) is 49.3 Å². The maximum atomic E-state index is 10.7. The van der Waals surface area contributed by atoms with Gasteiger partial charge in [0.25, 0.3) is 0 Å². The van der Waals surface area contributed by atoms with Gasteiger partial charge >= 0.3 is 0 Å². The maximum absolute atomic E-state index is 10.7. The van der Waals surface area contributed by atoms with Crippen LogP contribution in [0.25, 0.3) is 0 Å². The number of rotatable bonds is 6. The molecule has 1 aliphatic carbocycles. The molecule has 6 unspecified atom stereocenters. The molecule has 14 nitrogen and oxygen atoms in total. The lowest BCUT2D eigenvalue weighted by Crippen LogP contribution is -2.69. The normalized spacial score (nSPS) is 53.6. The molecule has 182 valence electrons. The number of nitrogens with two attached hydrogens (primary N) is 4. The van der Waals surface area contributed by atoms with Crippen molar-refractivity contribution in [1.82, 2.24) is 0 Å². The Morgan fingerprint density at radius 1 is 0.935 bits per heavy atom. The van der Waals surface area contributed by atoms with Gasteiger partial charge < -0.3 is 72.5 Å². The van der Waals surface area contributed by atoms with Gasteiger partial charge in [-0.05, 0) is 6.42 Å². The maximum Gasteiger partial charge on any atom is 0.219 e.